The first kappa shape index (κ1) is 14.1. The lowest BCUT2D eigenvalue weighted by atomic mass is 10.3. The maximum atomic E-state index is 5.85. The van der Waals surface area contributed by atoms with Crippen LogP contribution in [0.1, 0.15) is 18.8 Å². The molecule has 0 saturated carbocycles. The molecule has 0 radical (unpaired) electrons. The lowest BCUT2D eigenvalue weighted by Crippen LogP contribution is -2.15. The minimum absolute atomic E-state index is 0.146. The van der Waals surface area contributed by atoms with Crippen LogP contribution in [0.5, 0.6) is 5.88 Å². The molecule has 1 unspecified atom stereocenters. The van der Waals surface area contributed by atoms with E-state index in [9.17, 15) is 0 Å². The van der Waals surface area contributed by atoms with Crippen LogP contribution in [0, 0.1) is 0 Å². The van der Waals surface area contributed by atoms with Crippen LogP contribution in [0.3, 0.4) is 0 Å². The minimum atomic E-state index is 0.146. The van der Waals surface area contributed by atoms with Gasteiger partial charge in [0.1, 0.15) is 11.3 Å². The number of aryl methyl sites for hydroxylation is 1. The number of alkyl halides is 1. The Bertz CT molecular complexity index is 556. The molecule has 0 saturated heterocycles. The van der Waals surface area contributed by atoms with Crippen molar-refractivity contribution in [3.05, 3.63) is 18.0 Å². The van der Waals surface area contributed by atoms with Crippen molar-refractivity contribution in [2.75, 3.05) is 26.7 Å². The number of halogens is 1. The molecule has 0 aromatic carbocycles. The Labute approximate surface area is 117 Å². The summed E-state index contributed by atoms with van der Waals surface area (Å²) in [6.45, 7) is 2.67. The van der Waals surface area contributed by atoms with Crippen molar-refractivity contribution in [3.8, 4) is 5.88 Å². The predicted octanol–water partition coefficient (Wildman–Crippen LogP) is 2.43. The van der Waals surface area contributed by atoms with Gasteiger partial charge in [-0.1, -0.05) is 0 Å². The maximum absolute atomic E-state index is 5.85. The Morgan fingerprint density at radius 3 is 2.74 bits per heavy atom. The van der Waals surface area contributed by atoms with Gasteiger partial charge in [-0.05, 0) is 13.0 Å². The first-order valence-corrected chi connectivity index (χ1v) is 6.71. The molecule has 0 aliphatic carbocycles. The lowest BCUT2D eigenvalue weighted by molar-refractivity contribution is 0.162. The standard InChI is InChI=1S/C13H18ClN3O2/c1-9(8-18-2)17-11(6-7-14)15-10-4-5-12(19-3)16-13(10)17/h4-5,9H,6-8H2,1-3H3. The zero-order valence-corrected chi connectivity index (χ0v) is 12.1. The molecule has 0 aliphatic rings. The van der Waals surface area contributed by atoms with E-state index in [0.717, 1.165) is 17.0 Å². The topological polar surface area (TPSA) is 49.2 Å². The molecule has 2 aromatic rings. The van der Waals surface area contributed by atoms with Crippen LogP contribution in [0.2, 0.25) is 0 Å². The van der Waals surface area contributed by atoms with Crippen LogP contribution in [0.25, 0.3) is 11.2 Å². The van der Waals surface area contributed by atoms with E-state index in [0.29, 0.717) is 24.8 Å². The molecule has 0 bridgehead atoms. The van der Waals surface area contributed by atoms with Crippen molar-refractivity contribution in [1.82, 2.24) is 14.5 Å². The minimum Gasteiger partial charge on any atom is -0.481 e. The largest absolute Gasteiger partial charge is 0.481 e. The number of methoxy groups -OCH3 is 2. The Morgan fingerprint density at radius 2 is 2.11 bits per heavy atom. The van der Waals surface area contributed by atoms with Crippen LogP contribution < -0.4 is 4.74 Å². The second-order valence-electron chi connectivity index (χ2n) is 4.34. The van der Waals surface area contributed by atoms with Crippen molar-refractivity contribution in [3.63, 3.8) is 0 Å². The van der Waals surface area contributed by atoms with Crippen LogP contribution in [0.4, 0.5) is 0 Å². The summed E-state index contributed by atoms with van der Waals surface area (Å²) in [5.41, 5.74) is 1.66. The molecule has 2 heterocycles. The smallest absolute Gasteiger partial charge is 0.215 e. The van der Waals surface area contributed by atoms with E-state index in [1.165, 1.54) is 0 Å². The molecule has 0 fully saturated rings. The number of aromatic nitrogens is 3. The van der Waals surface area contributed by atoms with E-state index in [4.69, 9.17) is 21.1 Å². The quantitative estimate of drug-likeness (QED) is 0.764. The fourth-order valence-corrected chi connectivity index (χ4v) is 2.33. The average Bonchev–Trinajstić information content (AvgIpc) is 2.76. The second kappa shape index (κ2) is 6.21. The molecule has 2 rings (SSSR count). The van der Waals surface area contributed by atoms with Gasteiger partial charge >= 0.3 is 0 Å². The fourth-order valence-electron chi connectivity index (χ4n) is 2.16. The van der Waals surface area contributed by atoms with Crippen molar-refractivity contribution in [2.24, 2.45) is 0 Å². The van der Waals surface area contributed by atoms with Gasteiger partial charge in [0.2, 0.25) is 5.88 Å². The number of hydrogen-bond donors (Lipinski definition) is 0. The van der Waals surface area contributed by atoms with Crippen LogP contribution >= 0.6 is 11.6 Å². The third kappa shape index (κ3) is 2.82. The highest BCUT2D eigenvalue weighted by Crippen LogP contribution is 2.23. The Morgan fingerprint density at radius 1 is 1.32 bits per heavy atom. The fraction of sp³-hybridized carbons (Fsp3) is 0.538. The highest BCUT2D eigenvalue weighted by atomic mass is 35.5. The van der Waals surface area contributed by atoms with E-state index in [1.807, 2.05) is 12.1 Å². The summed E-state index contributed by atoms with van der Waals surface area (Å²) in [5, 5.41) is 0. The van der Waals surface area contributed by atoms with Gasteiger partial charge in [-0.15, -0.1) is 11.6 Å². The summed E-state index contributed by atoms with van der Waals surface area (Å²) in [4.78, 5) is 9.07. The van der Waals surface area contributed by atoms with E-state index < -0.39 is 0 Å². The second-order valence-corrected chi connectivity index (χ2v) is 4.72. The predicted molar refractivity (Wildman–Crippen MR) is 75.1 cm³/mol. The van der Waals surface area contributed by atoms with Crippen molar-refractivity contribution < 1.29 is 9.47 Å². The molecular weight excluding hydrogens is 266 g/mol. The number of ether oxygens (including phenoxy) is 2. The monoisotopic (exact) mass is 283 g/mol. The number of pyridine rings is 1. The number of fused-ring (bicyclic) bond motifs is 1. The van der Waals surface area contributed by atoms with Gasteiger partial charge in [0.15, 0.2) is 5.65 Å². The summed E-state index contributed by atoms with van der Waals surface area (Å²) in [5.74, 6) is 2.03. The highest BCUT2D eigenvalue weighted by Gasteiger charge is 2.17. The Kier molecular flexibility index (Phi) is 4.61. The number of imidazole rings is 1. The van der Waals surface area contributed by atoms with E-state index in [1.54, 1.807) is 14.2 Å². The summed E-state index contributed by atoms with van der Waals surface area (Å²) >= 11 is 5.85. The van der Waals surface area contributed by atoms with Gasteiger partial charge < -0.3 is 14.0 Å². The number of nitrogens with zero attached hydrogens (tertiary/aromatic N) is 3. The molecule has 5 nitrogen and oxygen atoms in total. The molecule has 0 N–H and O–H groups in total. The van der Waals surface area contributed by atoms with E-state index in [2.05, 4.69) is 21.5 Å². The van der Waals surface area contributed by atoms with Crippen molar-refractivity contribution in [2.45, 2.75) is 19.4 Å². The molecule has 6 heteroatoms. The van der Waals surface area contributed by atoms with Gasteiger partial charge in [-0.3, -0.25) is 0 Å². The summed E-state index contributed by atoms with van der Waals surface area (Å²) in [7, 11) is 3.29. The van der Waals surface area contributed by atoms with Gasteiger partial charge in [0, 0.05) is 25.5 Å². The maximum Gasteiger partial charge on any atom is 0.215 e. The average molecular weight is 284 g/mol. The normalized spacial score (nSPS) is 12.8. The van der Waals surface area contributed by atoms with Crippen molar-refractivity contribution >= 4 is 22.8 Å². The highest BCUT2D eigenvalue weighted by molar-refractivity contribution is 6.17. The number of hydrogen-bond acceptors (Lipinski definition) is 4. The zero-order valence-electron chi connectivity index (χ0n) is 11.4. The Hall–Kier alpha value is -1.33. The molecule has 0 aliphatic heterocycles. The SMILES string of the molecule is COCC(C)n1c(CCCl)nc2ccc(OC)nc21. The molecule has 19 heavy (non-hydrogen) atoms. The summed E-state index contributed by atoms with van der Waals surface area (Å²) in [6, 6.07) is 3.87. The molecule has 0 spiro atoms. The third-order valence-electron chi connectivity index (χ3n) is 2.96. The van der Waals surface area contributed by atoms with Gasteiger partial charge in [0.25, 0.3) is 0 Å². The van der Waals surface area contributed by atoms with Gasteiger partial charge in [-0.2, -0.15) is 4.98 Å². The van der Waals surface area contributed by atoms with Crippen LogP contribution in [0.15, 0.2) is 12.1 Å². The van der Waals surface area contributed by atoms with E-state index >= 15 is 0 Å². The first-order valence-electron chi connectivity index (χ1n) is 6.18. The number of rotatable bonds is 6. The molecule has 104 valence electrons. The van der Waals surface area contributed by atoms with Gasteiger partial charge in [-0.25, -0.2) is 4.98 Å². The first-order chi connectivity index (χ1) is 9.21. The Balaban J connectivity index is 2.56. The molecule has 2 aromatic heterocycles. The third-order valence-corrected chi connectivity index (χ3v) is 3.15. The molecule has 1 atom stereocenters. The van der Waals surface area contributed by atoms with Gasteiger partial charge in [0.05, 0.1) is 19.8 Å². The summed E-state index contributed by atoms with van der Waals surface area (Å²) < 4.78 is 12.5. The lowest BCUT2D eigenvalue weighted by Gasteiger charge is -2.16. The van der Waals surface area contributed by atoms with Crippen molar-refractivity contribution in [1.29, 1.82) is 0 Å². The van der Waals surface area contributed by atoms with Crippen LogP contribution in [-0.4, -0.2) is 41.2 Å². The van der Waals surface area contributed by atoms with E-state index in [-0.39, 0.29) is 6.04 Å². The van der Waals surface area contributed by atoms with Crippen LogP contribution in [-0.2, 0) is 11.2 Å². The molecular formula is C13H18ClN3O2. The summed E-state index contributed by atoms with van der Waals surface area (Å²) in [6.07, 6.45) is 0.703. The molecule has 0 amide bonds. The zero-order chi connectivity index (χ0) is 13.8.